The molecule has 1 heterocycles. The summed E-state index contributed by atoms with van der Waals surface area (Å²) in [5, 5.41) is 7.43. The van der Waals surface area contributed by atoms with Gasteiger partial charge < -0.3 is 10.6 Å². The predicted molar refractivity (Wildman–Crippen MR) is 81.6 cm³/mol. The van der Waals surface area contributed by atoms with Gasteiger partial charge in [0.15, 0.2) is 5.17 Å². The molecule has 108 valence electrons. The van der Waals surface area contributed by atoms with E-state index >= 15 is 0 Å². The Kier molecular flexibility index (Phi) is 5.13. The van der Waals surface area contributed by atoms with Crippen LogP contribution in [-0.4, -0.2) is 35.0 Å². The Labute approximate surface area is 120 Å². The fourth-order valence-electron chi connectivity index (χ4n) is 2.70. The van der Waals surface area contributed by atoms with Crippen LogP contribution in [0.3, 0.4) is 0 Å². The molecule has 1 aliphatic heterocycles. The summed E-state index contributed by atoms with van der Waals surface area (Å²) < 4.78 is 0. The van der Waals surface area contributed by atoms with Crippen molar-refractivity contribution in [3.8, 4) is 0 Å². The Morgan fingerprint density at radius 1 is 1.47 bits per heavy atom. The second-order valence-corrected chi connectivity index (χ2v) is 6.62. The van der Waals surface area contributed by atoms with Gasteiger partial charge in [-0.25, -0.2) is 4.99 Å². The van der Waals surface area contributed by atoms with Gasteiger partial charge in [0.25, 0.3) is 0 Å². The van der Waals surface area contributed by atoms with Gasteiger partial charge in [0, 0.05) is 17.8 Å². The fraction of sp³-hybridized carbons (Fsp3) is 0.857. The van der Waals surface area contributed by atoms with E-state index in [2.05, 4.69) is 22.5 Å². The Bertz CT molecular complexity index is 351. The Balaban J connectivity index is 1.88. The van der Waals surface area contributed by atoms with Crippen molar-refractivity contribution in [3.63, 3.8) is 0 Å². The van der Waals surface area contributed by atoms with Crippen LogP contribution >= 0.6 is 11.8 Å². The lowest BCUT2D eigenvalue weighted by atomic mass is 9.83. The number of hydrogen-bond donors (Lipinski definition) is 2. The normalized spacial score (nSPS) is 25.3. The first-order valence-corrected chi connectivity index (χ1v) is 8.40. The van der Waals surface area contributed by atoms with E-state index in [1.165, 1.54) is 32.1 Å². The zero-order valence-electron chi connectivity index (χ0n) is 12.0. The van der Waals surface area contributed by atoms with Crippen LogP contribution in [-0.2, 0) is 4.79 Å². The second kappa shape index (κ2) is 6.64. The smallest absolute Gasteiger partial charge is 0.244 e. The van der Waals surface area contributed by atoms with E-state index < -0.39 is 0 Å². The highest BCUT2D eigenvalue weighted by Crippen LogP contribution is 2.36. The molecule has 2 aliphatic rings. The van der Waals surface area contributed by atoms with Crippen LogP contribution in [0.1, 0.15) is 52.4 Å². The highest BCUT2D eigenvalue weighted by molar-refractivity contribution is 8.14. The van der Waals surface area contributed by atoms with Crippen LogP contribution in [0.15, 0.2) is 4.99 Å². The summed E-state index contributed by atoms with van der Waals surface area (Å²) in [6, 6.07) is -0.291. The molecule has 1 unspecified atom stereocenters. The fourth-order valence-corrected chi connectivity index (χ4v) is 4.00. The van der Waals surface area contributed by atoms with E-state index in [1.807, 2.05) is 6.92 Å². The number of rotatable bonds is 4. The van der Waals surface area contributed by atoms with E-state index in [0.29, 0.717) is 0 Å². The highest BCUT2D eigenvalue weighted by Gasteiger charge is 2.38. The Morgan fingerprint density at radius 2 is 2.21 bits per heavy atom. The minimum atomic E-state index is -0.291. The maximum atomic E-state index is 11.8. The third-order valence-electron chi connectivity index (χ3n) is 3.91. The van der Waals surface area contributed by atoms with Crippen LogP contribution in [0, 0.1) is 0 Å². The molecular weight excluding hydrogens is 258 g/mol. The molecule has 1 spiro atoms. The lowest BCUT2D eigenvalue weighted by Gasteiger charge is -2.32. The molecule has 2 N–H and O–H groups in total. The molecule has 19 heavy (non-hydrogen) atoms. The van der Waals surface area contributed by atoms with Crippen molar-refractivity contribution in [2.24, 2.45) is 4.99 Å². The van der Waals surface area contributed by atoms with Gasteiger partial charge in [0.05, 0.1) is 0 Å². The summed E-state index contributed by atoms with van der Waals surface area (Å²) in [5.74, 6) is 1.14. The average molecular weight is 283 g/mol. The van der Waals surface area contributed by atoms with Crippen molar-refractivity contribution in [1.29, 1.82) is 0 Å². The van der Waals surface area contributed by atoms with Crippen molar-refractivity contribution < 1.29 is 4.79 Å². The molecule has 1 atom stereocenters. The van der Waals surface area contributed by atoms with E-state index in [-0.39, 0.29) is 17.5 Å². The lowest BCUT2D eigenvalue weighted by Crippen LogP contribution is -2.45. The van der Waals surface area contributed by atoms with Crippen molar-refractivity contribution in [2.45, 2.75) is 64.0 Å². The standard InChI is InChI=1S/C14H25N3OS/c1-3-9-15-12(18)11(2)16-13-17-14(10-19-13)7-5-4-6-8-14/h11H,3-10H2,1-2H3,(H,15,18)(H,16,17). The van der Waals surface area contributed by atoms with Gasteiger partial charge in [0.2, 0.25) is 5.91 Å². The lowest BCUT2D eigenvalue weighted by molar-refractivity contribution is -0.121. The molecule has 0 aromatic heterocycles. The van der Waals surface area contributed by atoms with Crippen LogP contribution in [0.5, 0.6) is 0 Å². The monoisotopic (exact) mass is 283 g/mol. The number of amidine groups is 1. The SMILES string of the molecule is CCCNC(=O)C(C)N=C1NC2(CCCCC2)CS1. The third-order valence-corrected chi connectivity index (χ3v) is 5.09. The van der Waals surface area contributed by atoms with Crippen molar-refractivity contribution >= 4 is 22.8 Å². The molecule has 1 saturated carbocycles. The number of carbonyl (C=O) groups is 1. The molecule has 1 aliphatic carbocycles. The molecule has 0 radical (unpaired) electrons. The number of nitrogens with one attached hydrogen (secondary N) is 2. The third kappa shape index (κ3) is 3.88. The van der Waals surface area contributed by atoms with E-state index in [0.717, 1.165) is 23.9 Å². The maximum absolute atomic E-state index is 11.8. The summed E-state index contributed by atoms with van der Waals surface area (Å²) in [6.07, 6.45) is 7.44. The van der Waals surface area contributed by atoms with E-state index in [1.54, 1.807) is 11.8 Å². The van der Waals surface area contributed by atoms with Gasteiger partial charge in [-0.3, -0.25) is 4.79 Å². The summed E-state index contributed by atoms with van der Waals surface area (Å²) in [7, 11) is 0. The van der Waals surface area contributed by atoms with Gasteiger partial charge in [-0.2, -0.15) is 0 Å². The molecule has 4 nitrogen and oxygen atoms in total. The summed E-state index contributed by atoms with van der Waals surface area (Å²) in [6.45, 7) is 4.66. The van der Waals surface area contributed by atoms with Crippen molar-refractivity contribution in [3.05, 3.63) is 0 Å². The van der Waals surface area contributed by atoms with Gasteiger partial charge in [-0.1, -0.05) is 37.9 Å². The van der Waals surface area contributed by atoms with Gasteiger partial charge in [-0.15, -0.1) is 0 Å². The Hall–Kier alpha value is -0.710. The number of hydrogen-bond acceptors (Lipinski definition) is 3. The molecule has 2 fully saturated rings. The molecule has 0 aromatic rings. The first-order chi connectivity index (χ1) is 9.15. The minimum absolute atomic E-state index is 0.0290. The van der Waals surface area contributed by atoms with Crippen molar-refractivity contribution in [2.75, 3.05) is 12.3 Å². The van der Waals surface area contributed by atoms with Gasteiger partial charge >= 0.3 is 0 Å². The van der Waals surface area contributed by atoms with Crippen LogP contribution in [0.25, 0.3) is 0 Å². The number of carbonyl (C=O) groups excluding carboxylic acids is 1. The number of nitrogens with zero attached hydrogens (tertiary/aromatic N) is 1. The van der Waals surface area contributed by atoms with E-state index in [4.69, 9.17) is 0 Å². The number of thioether (sulfide) groups is 1. The molecular formula is C14H25N3OS. The van der Waals surface area contributed by atoms with Gasteiger partial charge in [0.1, 0.15) is 6.04 Å². The van der Waals surface area contributed by atoms with E-state index in [9.17, 15) is 4.79 Å². The van der Waals surface area contributed by atoms with Gasteiger partial charge in [-0.05, 0) is 26.2 Å². The summed E-state index contributed by atoms with van der Waals surface area (Å²) >= 11 is 1.78. The molecule has 5 heteroatoms. The first-order valence-electron chi connectivity index (χ1n) is 7.42. The van der Waals surface area contributed by atoms with Crippen LogP contribution in [0.4, 0.5) is 0 Å². The summed E-state index contributed by atoms with van der Waals surface area (Å²) in [5.41, 5.74) is 0.265. The van der Waals surface area contributed by atoms with Crippen molar-refractivity contribution in [1.82, 2.24) is 10.6 Å². The first kappa shape index (κ1) is 14.7. The topological polar surface area (TPSA) is 53.5 Å². The largest absolute Gasteiger partial charge is 0.359 e. The summed E-state index contributed by atoms with van der Waals surface area (Å²) in [4.78, 5) is 16.3. The molecule has 0 bridgehead atoms. The second-order valence-electron chi connectivity index (χ2n) is 5.66. The predicted octanol–water partition coefficient (Wildman–Crippen LogP) is 2.30. The molecule has 2 rings (SSSR count). The Morgan fingerprint density at radius 3 is 2.89 bits per heavy atom. The quantitative estimate of drug-likeness (QED) is 0.832. The average Bonchev–Trinajstić information content (AvgIpc) is 2.79. The maximum Gasteiger partial charge on any atom is 0.244 e. The number of amides is 1. The zero-order chi connectivity index (χ0) is 13.7. The minimum Gasteiger partial charge on any atom is -0.359 e. The number of aliphatic imine (C=N–C) groups is 1. The zero-order valence-corrected chi connectivity index (χ0v) is 12.8. The van der Waals surface area contributed by atoms with Crippen LogP contribution < -0.4 is 10.6 Å². The molecule has 1 amide bonds. The molecule has 0 aromatic carbocycles. The van der Waals surface area contributed by atoms with Crippen LogP contribution in [0.2, 0.25) is 0 Å². The molecule has 1 saturated heterocycles. The highest BCUT2D eigenvalue weighted by atomic mass is 32.2.